The molecule has 0 aromatic heterocycles. The van der Waals surface area contributed by atoms with E-state index >= 15 is 0 Å². The van der Waals surface area contributed by atoms with Gasteiger partial charge in [-0.15, -0.1) is 0 Å². The molecule has 4 heteroatoms. The second-order valence-electron chi connectivity index (χ2n) is 7.34. The molecule has 0 bridgehead atoms. The average Bonchev–Trinajstić information content (AvgIpc) is 2.70. The third-order valence-corrected chi connectivity index (χ3v) is 5.69. The third-order valence-electron chi connectivity index (χ3n) is 5.69. The van der Waals surface area contributed by atoms with Crippen molar-refractivity contribution in [3.8, 4) is 11.1 Å². The summed E-state index contributed by atoms with van der Waals surface area (Å²) < 4.78 is 56.6. The highest BCUT2D eigenvalue weighted by atomic mass is 19.2. The number of hydrogen-bond donors (Lipinski definition) is 0. The van der Waals surface area contributed by atoms with Crippen molar-refractivity contribution >= 4 is 0 Å². The van der Waals surface area contributed by atoms with Crippen molar-refractivity contribution in [2.24, 2.45) is 0 Å². The fraction of sp³-hybridized carbons (Fsp3) is 0.250. The van der Waals surface area contributed by atoms with Gasteiger partial charge in [-0.1, -0.05) is 31.2 Å². The van der Waals surface area contributed by atoms with Crippen molar-refractivity contribution in [1.29, 1.82) is 0 Å². The molecular formula is C24H20F4. The molecule has 1 atom stereocenters. The minimum atomic E-state index is -0.781. The van der Waals surface area contributed by atoms with Crippen LogP contribution in [0.5, 0.6) is 0 Å². The Morgan fingerprint density at radius 1 is 0.857 bits per heavy atom. The lowest BCUT2D eigenvalue weighted by molar-refractivity contribution is 0.468. The largest absolute Gasteiger partial charge is 0.207 e. The minimum Gasteiger partial charge on any atom is -0.207 e. The zero-order valence-electron chi connectivity index (χ0n) is 15.5. The molecule has 0 saturated heterocycles. The Balaban J connectivity index is 1.66. The molecule has 0 amide bonds. The van der Waals surface area contributed by atoms with E-state index in [-0.39, 0.29) is 17.6 Å². The van der Waals surface area contributed by atoms with Gasteiger partial charge in [-0.05, 0) is 83.7 Å². The van der Waals surface area contributed by atoms with Gasteiger partial charge in [0.1, 0.15) is 11.6 Å². The molecular weight excluding hydrogens is 364 g/mol. The number of aryl methyl sites for hydroxylation is 2. The summed E-state index contributed by atoms with van der Waals surface area (Å²) in [4.78, 5) is 0. The maximum absolute atomic E-state index is 14.7. The molecule has 1 aliphatic carbocycles. The first kappa shape index (κ1) is 18.7. The normalized spacial score (nSPS) is 16.1. The highest BCUT2D eigenvalue weighted by Crippen LogP contribution is 2.37. The summed E-state index contributed by atoms with van der Waals surface area (Å²) >= 11 is 0. The van der Waals surface area contributed by atoms with E-state index in [1.165, 1.54) is 18.2 Å². The highest BCUT2D eigenvalue weighted by molar-refractivity contribution is 5.66. The lowest BCUT2D eigenvalue weighted by Crippen LogP contribution is -2.15. The van der Waals surface area contributed by atoms with Gasteiger partial charge < -0.3 is 0 Å². The monoisotopic (exact) mass is 384 g/mol. The predicted octanol–water partition coefficient (Wildman–Crippen LogP) is 6.74. The summed E-state index contributed by atoms with van der Waals surface area (Å²) in [7, 11) is 0. The summed E-state index contributed by atoms with van der Waals surface area (Å²) in [5.41, 5.74) is 3.60. The fourth-order valence-electron chi connectivity index (χ4n) is 4.09. The summed E-state index contributed by atoms with van der Waals surface area (Å²) in [6, 6.07) is 12.3. The maximum atomic E-state index is 14.7. The lowest BCUT2D eigenvalue weighted by Gasteiger charge is -2.26. The number of fused-ring (bicyclic) bond motifs is 1. The van der Waals surface area contributed by atoms with Crippen LogP contribution in [0.1, 0.15) is 41.5 Å². The van der Waals surface area contributed by atoms with E-state index in [4.69, 9.17) is 0 Å². The summed E-state index contributed by atoms with van der Waals surface area (Å²) in [5.74, 6) is -2.49. The molecule has 0 radical (unpaired) electrons. The Morgan fingerprint density at radius 2 is 1.61 bits per heavy atom. The number of halogens is 4. The van der Waals surface area contributed by atoms with Crippen LogP contribution in [-0.4, -0.2) is 0 Å². The quantitative estimate of drug-likeness (QED) is 0.439. The van der Waals surface area contributed by atoms with Gasteiger partial charge in [0.2, 0.25) is 0 Å². The van der Waals surface area contributed by atoms with Crippen LogP contribution >= 0.6 is 0 Å². The van der Waals surface area contributed by atoms with Crippen molar-refractivity contribution < 1.29 is 17.6 Å². The Labute approximate surface area is 161 Å². The number of benzene rings is 3. The molecule has 0 nitrogen and oxygen atoms in total. The van der Waals surface area contributed by atoms with Crippen LogP contribution in [0.3, 0.4) is 0 Å². The van der Waals surface area contributed by atoms with E-state index < -0.39 is 11.6 Å². The molecule has 0 heterocycles. The molecule has 4 rings (SSSR count). The van der Waals surface area contributed by atoms with E-state index in [1.54, 1.807) is 37.3 Å². The highest BCUT2D eigenvalue weighted by Gasteiger charge is 2.26. The number of rotatable bonds is 3. The first-order valence-corrected chi connectivity index (χ1v) is 9.52. The van der Waals surface area contributed by atoms with Gasteiger partial charge in [-0.25, -0.2) is 17.6 Å². The van der Waals surface area contributed by atoms with Crippen LogP contribution in [0.25, 0.3) is 11.1 Å². The second kappa shape index (κ2) is 7.42. The standard InChI is InChI=1S/C24H20F4/c1-2-14-7-10-20(24(28)23(14)27)17-4-3-16-12-21(22(26)13-18(16)11-17)15-5-8-19(25)9-6-15/h5-10,12-13,17H,2-4,11H2,1H3. The van der Waals surface area contributed by atoms with E-state index in [1.807, 2.05) is 0 Å². The predicted molar refractivity (Wildman–Crippen MR) is 102 cm³/mol. The molecule has 0 aliphatic heterocycles. The summed E-state index contributed by atoms with van der Waals surface area (Å²) in [5, 5.41) is 0. The van der Waals surface area contributed by atoms with Crippen molar-refractivity contribution in [2.75, 3.05) is 0 Å². The van der Waals surface area contributed by atoms with Gasteiger partial charge >= 0.3 is 0 Å². The van der Waals surface area contributed by atoms with Gasteiger partial charge in [0.25, 0.3) is 0 Å². The van der Waals surface area contributed by atoms with E-state index in [2.05, 4.69) is 0 Å². The van der Waals surface area contributed by atoms with Gasteiger partial charge in [0.05, 0.1) is 0 Å². The molecule has 0 saturated carbocycles. The molecule has 3 aromatic rings. The minimum absolute atomic E-state index is 0.177. The molecule has 1 unspecified atom stereocenters. The van der Waals surface area contributed by atoms with E-state index in [0.717, 1.165) is 11.1 Å². The topological polar surface area (TPSA) is 0 Å². The Bertz CT molecular complexity index is 1020. The van der Waals surface area contributed by atoms with Crippen molar-refractivity contribution in [2.45, 2.75) is 38.5 Å². The van der Waals surface area contributed by atoms with Crippen LogP contribution in [0.2, 0.25) is 0 Å². The SMILES string of the molecule is CCc1ccc(C2CCc3cc(-c4ccc(F)cc4)c(F)cc3C2)c(F)c1F. The van der Waals surface area contributed by atoms with Gasteiger partial charge in [-0.2, -0.15) is 0 Å². The molecule has 0 N–H and O–H groups in total. The van der Waals surface area contributed by atoms with Crippen LogP contribution in [0, 0.1) is 23.3 Å². The maximum Gasteiger partial charge on any atom is 0.162 e. The van der Waals surface area contributed by atoms with Crippen molar-refractivity contribution in [1.82, 2.24) is 0 Å². The lowest BCUT2D eigenvalue weighted by atomic mass is 9.79. The zero-order valence-corrected chi connectivity index (χ0v) is 15.5. The zero-order chi connectivity index (χ0) is 19.8. The van der Waals surface area contributed by atoms with Gasteiger partial charge in [0.15, 0.2) is 11.6 Å². The second-order valence-corrected chi connectivity index (χ2v) is 7.34. The molecule has 0 spiro atoms. The van der Waals surface area contributed by atoms with E-state index in [0.29, 0.717) is 47.9 Å². The first-order valence-electron chi connectivity index (χ1n) is 9.52. The number of hydrogen-bond acceptors (Lipinski definition) is 0. The third kappa shape index (κ3) is 3.32. The smallest absolute Gasteiger partial charge is 0.162 e. The molecule has 0 fully saturated rings. The fourth-order valence-corrected chi connectivity index (χ4v) is 4.09. The Morgan fingerprint density at radius 3 is 2.32 bits per heavy atom. The van der Waals surface area contributed by atoms with E-state index in [9.17, 15) is 17.6 Å². The van der Waals surface area contributed by atoms with Crippen LogP contribution < -0.4 is 0 Å². The van der Waals surface area contributed by atoms with Gasteiger partial charge in [0, 0.05) is 5.56 Å². The van der Waals surface area contributed by atoms with Crippen molar-refractivity contribution in [3.63, 3.8) is 0 Å². The van der Waals surface area contributed by atoms with Crippen LogP contribution in [0.4, 0.5) is 17.6 Å². The Kier molecular flexibility index (Phi) is 4.96. The Hall–Kier alpha value is -2.62. The van der Waals surface area contributed by atoms with Gasteiger partial charge in [-0.3, -0.25) is 0 Å². The van der Waals surface area contributed by atoms with Crippen LogP contribution in [-0.2, 0) is 19.3 Å². The molecule has 28 heavy (non-hydrogen) atoms. The summed E-state index contributed by atoms with van der Waals surface area (Å²) in [6.45, 7) is 1.79. The van der Waals surface area contributed by atoms with Crippen LogP contribution in [0.15, 0.2) is 48.5 Å². The molecule has 144 valence electrons. The molecule has 3 aromatic carbocycles. The summed E-state index contributed by atoms with van der Waals surface area (Å²) in [6.07, 6.45) is 2.24. The average molecular weight is 384 g/mol. The molecule has 1 aliphatic rings. The van der Waals surface area contributed by atoms with Crippen molar-refractivity contribution in [3.05, 3.63) is 94.1 Å². The first-order chi connectivity index (χ1) is 13.5.